The van der Waals surface area contributed by atoms with Crippen molar-refractivity contribution < 1.29 is 28.2 Å². The van der Waals surface area contributed by atoms with Crippen LogP contribution >= 0.6 is 11.6 Å². The van der Waals surface area contributed by atoms with Crippen molar-refractivity contribution in [1.29, 1.82) is 0 Å². The van der Waals surface area contributed by atoms with Gasteiger partial charge in [0.2, 0.25) is 5.88 Å². The molecule has 3 heterocycles. The van der Waals surface area contributed by atoms with E-state index in [1.165, 1.54) is 0 Å². The van der Waals surface area contributed by atoms with Gasteiger partial charge in [0.1, 0.15) is 10.8 Å². The second-order valence-electron chi connectivity index (χ2n) is 12.4. The maximum absolute atomic E-state index is 14.5. The monoisotopic (exact) mass is 651 g/mol. The highest BCUT2D eigenvalue weighted by Crippen LogP contribution is 2.40. The molecule has 3 aliphatic rings. The summed E-state index contributed by atoms with van der Waals surface area (Å²) in [6, 6.07) is 12.9. The summed E-state index contributed by atoms with van der Waals surface area (Å²) in [5.41, 5.74) is 6.08. The fourth-order valence-electron chi connectivity index (χ4n) is 6.49. The molecule has 6 rings (SSSR count). The molecule has 10 heteroatoms. The van der Waals surface area contributed by atoms with Gasteiger partial charge in [-0.25, -0.2) is 13.8 Å². The van der Waals surface area contributed by atoms with Crippen LogP contribution in [-0.4, -0.2) is 58.8 Å². The first-order chi connectivity index (χ1) is 22.3. The molecule has 7 nitrogen and oxygen atoms in total. The maximum atomic E-state index is 14.5. The molecule has 2 fully saturated rings. The zero-order chi connectivity index (χ0) is 32.2. The van der Waals surface area contributed by atoms with Crippen molar-refractivity contribution in [2.45, 2.75) is 83.0 Å². The van der Waals surface area contributed by atoms with Gasteiger partial charge in [0.25, 0.3) is 5.91 Å². The zero-order valence-corrected chi connectivity index (χ0v) is 26.8. The maximum Gasteiger partial charge on any atom is 0.252 e. The molecule has 244 valence electrons. The first-order valence-corrected chi connectivity index (χ1v) is 16.6. The number of pyridine rings is 1. The van der Waals surface area contributed by atoms with Crippen LogP contribution in [0.2, 0.25) is 5.02 Å². The summed E-state index contributed by atoms with van der Waals surface area (Å²) in [6.45, 7) is 3.12. The largest absolute Gasteiger partial charge is 0.489 e. The van der Waals surface area contributed by atoms with Crippen LogP contribution in [0.1, 0.15) is 67.2 Å². The van der Waals surface area contributed by atoms with E-state index >= 15 is 0 Å². The second-order valence-corrected chi connectivity index (χ2v) is 12.8. The van der Waals surface area contributed by atoms with E-state index < -0.39 is 11.6 Å². The number of amides is 1. The molecular weight excluding hydrogens is 612 g/mol. The lowest BCUT2D eigenvalue weighted by atomic mass is 9.88. The van der Waals surface area contributed by atoms with Gasteiger partial charge >= 0.3 is 0 Å². The Kier molecular flexibility index (Phi) is 10.2. The number of aromatic nitrogens is 1. The molecule has 1 aromatic heterocycles. The van der Waals surface area contributed by atoms with Crippen LogP contribution in [0, 0.1) is 18.6 Å². The Morgan fingerprint density at radius 2 is 1.78 bits per heavy atom. The molecule has 46 heavy (non-hydrogen) atoms. The highest BCUT2D eigenvalue weighted by molar-refractivity contribution is 6.32. The predicted molar refractivity (Wildman–Crippen MR) is 173 cm³/mol. The van der Waals surface area contributed by atoms with E-state index in [0.29, 0.717) is 44.3 Å². The third kappa shape index (κ3) is 7.22. The molecule has 2 aromatic carbocycles. The van der Waals surface area contributed by atoms with Gasteiger partial charge in [-0.3, -0.25) is 4.79 Å². The summed E-state index contributed by atoms with van der Waals surface area (Å²) in [4.78, 5) is 20.9. The number of benzene rings is 2. The number of hydrogen-bond donors (Lipinski definition) is 2. The first-order valence-electron chi connectivity index (χ1n) is 16.2. The van der Waals surface area contributed by atoms with Crippen LogP contribution < -0.4 is 14.8 Å². The van der Waals surface area contributed by atoms with Crippen LogP contribution in [0.5, 0.6) is 11.6 Å². The third-order valence-corrected chi connectivity index (χ3v) is 9.51. The number of aryl methyl sites for hydroxylation is 1. The summed E-state index contributed by atoms with van der Waals surface area (Å²) in [5.74, 6) is -1.02. The third-order valence-electron chi connectivity index (χ3n) is 9.16. The highest BCUT2D eigenvalue weighted by atomic mass is 35.5. The molecular formula is C36H40ClF2N3O4. The van der Waals surface area contributed by atoms with Crippen molar-refractivity contribution in [3.05, 3.63) is 93.1 Å². The summed E-state index contributed by atoms with van der Waals surface area (Å²) in [5, 5.41) is 12.5. The molecule has 3 aromatic rings. The van der Waals surface area contributed by atoms with E-state index in [0.717, 1.165) is 77.6 Å². The number of hydrogen-bond acceptors (Lipinski definition) is 6. The van der Waals surface area contributed by atoms with E-state index in [1.54, 1.807) is 6.20 Å². The SMILES string of the molecule is Cc1c(CN(C(=O)C2=C(c3ccc(CCCOc4c(F)ccc(F)c4Cl)cc3)CC3CCC2N3)C2CC2)ccnc1OCCCO. The van der Waals surface area contributed by atoms with E-state index in [2.05, 4.69) is 34.6 Å². The number of halogens is 3. The van der Waals surface area contributed by atoms with Crippen molar-refractivity contribution in [2.75, 3.05) is 19.8 Å². The van der Waals surface area contributed by atoms with Crippen LogP contribution in [0.15, 0.2) is 54.2 Å². The summed E-state index contributed by atoms with van der Waals surface area (Å²) < 4.78 is 39.0. The summed E-state index contributed by atoms with van der Waals surface area (Å²) in [6.07, 6.45) is 8.34. The van der Waals surface area contributed by atoms with E-state index in [4.69, 9.17) is 26.2 Å². The van der Waals surface area contributed by atoms with Gasteiger partial charge in [0.15, 0.2) is 11.6 Å². The molecule has 2 N–H and O–H groups in total. The molecule has 1 aliphatic carbocycles. The van der Waals surface area contributed by atoms with E-state index in [9.17, 15) is 13.6 Å². The van der Waals surface area contributed by atoms with Gasteiger partial charge in [-0.1, -0.05) is 35.9 Å². The minimum absolute atomic E-state index is 0.0327. The number of aliphatic hydroxyl groups is 1. The molecule has 0 spiro atoms. The lowest BCUT2D eigenvalue weighted by Crippen LogP contribution is -2.44. The lowest BCUT2D eigenvalue weighted by Gasteiger charge is -2.32. The minimum Gasteiger partial charge on any atom is -0.489 e. The molecule has 1 saturated carbocycles. The average molecular weight is 652 g/mol. The Morgan fingerprint density at radius 3 is 2.54 bits per heavy atom. The Balaban J connectivity index is 1.17. The van der Waals surface area contributed by atoms with Gasteiger partial charge in [-0.15, -0.1) is 0 Å². The van der Waals surface area contributed by atoms with Gasteiger partial charge < -0.3 is 24.8 Å². The number of ether oxygens (including phenoxy) is 2. The van der Waals surface area contributed by atoms with Crippen LogP contribution in [0.3, 0.4) is 0 Å². The van der Waals surface area contributed by atoms with Crippen molar-refractivity contribution in [1.82, 2.24) is 15.2 Å². The predicted octanol–water partition coefficient (Wildman–Crippen LogP) is 6.56. The van der Waals surface area contributed by atoms with E-state index in [1.807, 2.05) is 17.9 Å². The number of fused-ring (bicyclic) bond motifs is 2. The fourth-order valence-corrected chi connectivity index (χ4v) is 6.69. The lowest BCUT2D eigenvalue weighted by molar-refractivity contribution is -0.128. The summed E-state index contributed by atoms with van der Waals surface area (Å²) in [7, 11) is 0. The Bertz CT molecular complexity index is 1590. The van der Waals surface area contributed by atoms with Gasteiger partial charge in [0, 0.05) is 55.0 Å². The van der Waals surface area contributed by atoms with Crippen LogP contribution in [-0.2, 0) is 17.8 Å². The minimum atomic E-state index is -0.714. The zero-order valence-electron chi connectivity index (χ0n) is 26.0. The Labute approximate surface area is 273 Å². The van der Waals surface area contributed by atoms with Crippen molar-refractivity contribution in [3.63, 3.8) is 0 Å². The molecule has 2 unspecified atom stereocenters. The number of nitrogens with one attached hydrogen (secondary N) is 1. The van der Waals surface area contributed by atoms with Gasteiger partial charge in [0.05, 0.1) is 13.2 Å². The van der Waals surface area contributed by atoms with Crippen molar-refractivity contribution in [3.8, 4) is 11.6 Å². The molecule has 1 amide bonds. The molecule has 1 saturated heterocycles. The molecule has 2 atom stereocenters. The van der Waals surface area contributed by atoms with Crippen LogP contribution in [0.4, 0.5) is 8.78 Å². The summed E-state index contributed by atoms with van der Waals surface area (Å²) >= 11 is 5.87. The van der Waals surface area contributed by atoms with Crippen molar-refractivity contribution in [2.24, 2.45) is 0 Å². The normalized spacial score (nSPS) is 19.0. The molecule has 0 radical (unpaired) electrons. The second kappa shape index (κ2) is 14.5. The smallest absolute Gasteiger partial charge is 0.252 e. The molecule has 2 bridgehead atoms. The number of aliphatic hydroxyl groups excluding tert-OH is 1. The topological polar surface area (TPSA) is 83.9 Å². The fraction of sp³-hybridized carbons (Fsp3) is 0.444. The standard InChI is InChI=1S/C36H40ClF2N3O4/c1-22-25(15-16-40-35(22)46-19-3-17-43)21-42(27-10-11-27)36(44)32-28(20-26-9-14-31(32)41-26)24-7-5-23(6-8-24)4-2-18-45-34-30(39)13-12-29(38)33(34)37/h5-8,12-13,15-16,26-27,31,41,43H,2-4,9-11,14,17-21H2,1H3. The number of nitrogens with zero attached hydrogens (tertiary/aromatic N) is 2. The van der Waals surface area contributed by atoms with Gasteiger partial charge in [-0.2, -0.15) is 0 Å². The van der Waals surface area contributed by atoms with Gasteiger partial charge in [-0.05, 0) is 92.3 Å². The quantitative estimate of drug-likeness (QED) is 0.152. The number of carbonyl (C=O) groups excluding carboxylic acids is 1. The number of carbonyl (C=O) groups is 1. The van der Waals surface area contributed by atoms with Crippen LogP contribution in [0.25, 0.3) is 5.57 Å². The van der Waals surface area contributed by atoms with Crippen molar-refractivity contribution >= 4 is 23.1 Å². The number of rotatable bonds is 14. The first kappa shape index (κ1) is 32.4. The highest BCUT2D eigenvalue weighted by Gasteiger charge is 2.42. The average Bonchev–Trinajstić information content (AvgIpc) is 3.84. The Hall–Kier alpha value is -3.53. The molecule has 2 aliphatic heterocycles. The van der Waals surface area contributed by atoms with E-state index in [-0.39, 0.29) is 42.0 Å². The Morgan fingerprint density at radius 1 is 1.02 bits per heavy atom.